The number of nitrogens with zero attached hydrogens (tertiary/aromatic N) is 2. The topological polar surface area (TPSA) is 62.3 Å². The summed E-state index contributed by atoms with van der Waals surface area (Å²) in [6.07, 6.45) is 1.12. The van der Waals surface area contributed by atoms with Gasteiger partial charge in [0.25, 0.3) is 5.91 Å². The van der Waals surface area contributed by atoms with Crippen molar-refractivity contribution >= 4 is 34.4 Å². The van der Waals surface area contributed by atoms with Gasteiger partial charge in [-0.25, -0.2) is 9.78 Å². The molecular weight excluding hydrogens is 338 g/mol. The van der Waals surface area contributed by atoms with Crippen molar-refractivity contribution in [3.8, 4) is 0 Å². The summed E-state index contributed by atoms with van der Waals surface area (Å²) in [4.78, 5) is 30.8. The second-order valence-electron chi connectivity index (χ2n) is 6.63. The average molecular weight is 360 g/mol. The molecule has 1 saturated heterocycles. The van der Waals surface area contributed by atoms with Crippen molar-refractivity contribution in [3.63, 3.8) is 0 Å². The molecule has 1 aromatic heterocycles. The number of nitrogens with one attached hydrogen (secondary N) is 1. The number of pyridine rings is 1. The fourth-order valence-electron chi connectivity index (χ4n) is 3.33. The van der Waals surface area contributed by atoms with Gasteiger partial charge in [-0.3, -0.25) is 9.69 Å². The maximum absolute atomic E-state index is 12.8. The van der Waals surface area contributed by atoms with Crippen LogP contribution < -0.4 is 5.32 Å². The highest BCUT2D eigenvalue weighted by Gasteiger charge is 2.48. The van der Waals surface area contributed by atoms with Crippen molar-refractivity contribution in [2.24, 2.45) is 0 Å². The van der Waals surface area contributed by atoms with E-state index in [2.05, 4.69) is 10.3 Å². The Bertz CT molecular complexity index is 875. The van der Waals surface area contributed by atoms with Gasteiger partial charge in [0.2, 0.25) is 0 Å². The zero-order chi connectivity index (χ0) is 18.4. The molecule has 1 aliphatic heterocycles. The van der Waals surface area contributed by atoms with E-state index in [0.717, 1.165) is 22.0 Å². The lowest BCUT2D eigenvalue weighted by Gasteiger charge is -2.23. The van der Waals surface area contributed by atoms with Gasteiger partial charge in [0.1, 0.15) is 10.7 Å². The number of rotatable bonds is 4. The van der Waals surface area contributed by atoms with E-state index in [9.17, 15) is 9.59 Å². The van der Waals surface area contributed by atoms with E-state index in [1.807, 2.05) is 45.9 Å². The van der Waals surface area contributed by atoms with Gasteiger partial charge in [-0.2, -0.15) is 0 Å². The van der Waals surface area contributed by atoms with Crippen molar-refractivity contribution in [1.82, 2.24) is 15.2 Å². The normalized spacial score (nSPS) is 16.6. The number of halogens is 1. The van der Waals surface area contributed by atoms with E-state index in [4.69, 9.17) is 11.6 Å². The zero-order valence-corrected chi connectivity index (χ0v) is 15.7. The SMILES string of the molecule is CCC1(CC)NC(=O)N(Cc2cc3ccc(C)c(C)c3nc2Cl)C1=O. The molecule has 3 rings (SSSR count). The number of aromatic nitrogens is 1. The molecule has 5 nitrogen and oxygen atoms in total. The summed E-state index contributed by atoms with van der Waals surface area (Å²) in [6.45, 7) is 7.97. The first-order chi connectivity index (χ1) is 11.8. The number of carbonyl (C=O) groups is 2. The van der Waals surface area contributed by atoms with E-state index < -0.39 is 5.54 Å². The molecule has 0 atom stereocenters. The molecule has 0 saturated carbocycles. The number of carbonyl (C=O) groups excluding carboxylic acids is 2. The third kappa shape index (κ3) is 2.76. The summed E-state index contributed by atoms with van der Waals surface area (Å²) in [5.41, 5.74) is 2.94. The standard InChI is InChI=1S/C19H22ClN3O2/c1-5-19(6-2)17(24)23(18(25)22-19)10-14-9-13-8-7-11(3)12(4)15(13)21-16(14)20/h7-9H,5-6,10H2,1-4H3,(H,22,25). The minimum Gasteiger partial charge on any atom is -0.323 e. The van der Waals surface area contributed by atoms with Crippen LogP contribution in [0.4, 0.5) is 4.79 Å². The van der Waals surface area contributed by atoms with Crippen molar-refractivity contribution in [2.45, 2.75) is 52.6 Å². The second-order valence-corrected chi connectivity index (χ2v) is 6.99. The average Bonchev–Trinajstić information content (AvgIpc) is 2.84. The number of imide groups is 1. The fourth-order valence-corrected chi connectivity index (χ4v) is 3.53. The summed E-state index contributed by atoms with van der Waals surface area (Å²) in [5.74, 6) is -0.196. The molecule has 1 aromatic carbocycles. The zero-order valence-electron chi connectivity index (χ0n) is 14.9. The minimum absolute atomic E-state index is 0.126. The molecule has 25 heavy (non-hydrogen) atoms. The Labute approximate surface area is 152 Å². The second kappa shape index (κ2) is 6.30. The van der Waals surface area contributed by atoms with Crippen molar-refractivity contribution in [1.29, 1.82) is 0 Å². The molecule has 3 amide bonds. The number of hydrogen-bond acceptors (Lipinski definition) is 3. The Balaban J connectivity index is 1.98. The Hall–Kier alpha value is -2.14. The molecule has 1 fully saturated rings. The molecule has 0 aliphatic carbocycles. The summed E-state index contributed by atoms with van der Waals surface area (Å²) in [5, 5.41) is 4.11. The highest BCUT2D eigenvalue weighted by atomic mass is 35.5. The largest absolute Gasteiger partial charge is 0.325 e. The quantitative estimate of drug-likeness (QED) is 0.659. The van der Waals surface area contributed by atoms with E-state index in [-0.39, 0.29) is 18.5 Å². The minimum atomic E-state index is -0.804. The van der Waals surface area contributed by atoms with E-state index in [0.29, 0.717) is 23.6 Å². The smallest absolute Gasteiger partial charge is 0.323 e. The molecule has 132 valence electrons. The van der Waals surface area contributed by atoms with Gasteiger partial charge in [-0.05, 0) is 43.9 Å². The van der Waals surface area contributed by atoms with Gasteiger partial charge in [-0.1, -0.05) is 37.6 Å². The summed E-state index contributed by atoms with van der Waals surface area (Å²) in [7, 11) is 0. The van der Waals surface area contributed by atoms with Crippen LogP contribution in [0.1, 0.15) is 43.4 Å². The van der Waals surface area contributed by atoms with Crippen LogP contribution in [-0.4, -0.2) is 27.4 Å². The van der Waals surface area contributed by atoms with Crippen LogP contribution in [0.2, 0.25) is 5.15 Å². The lowest BCUT2D eigenvalue weighted by Crippen LogP contribution is -2.45. The first kappa shape index (κ1) is 17.7. The van der Waals surface area contributed by atoms with Gasteiger partial charge in [-0.15, -0.1) is 0 Å². The Morgan fingerprint density at radius 2 is 1.88 bits per heavy atom. The van der Waals surface area contributed by atoms with Crippen LogP contribution in [0.5, 0.6) is 0 Å². The van der Waals surface area contributed by atoms with Crippen LogP contribution >= 0.6 is 11.6 Å². The van der Waals surface area contributed by atoms with E-state index in [1.165, 1.54) is 4.90 Å². The summed E-state index contributed by atoms with van der Waals surface area (Å²) >= 11 is 6.36. The number of hydrogen-bond donors (Lipinski definition) is 1. The van der Waals surface area contributed by atoms with Gasteiger partial charge in [0, 0.05) is 10.9 Å². The van der Waals surface area contributed by atoms with Crippen LogP contribution in [0.25, 0.3) is 10.9 Å². The summed E-state index contributed by atoms with van der Waals surface area (Å²) in [6, 6.07) is 5.56. The first-order valence-corrected chi connectivity index (χ1v) is 8.90. The number of benzene rings is 1. The number of fused-ring (bicyclic) bond motifs is 1. The highest BCUT2D eigenvalue weighted by molar-refractivity contribution is 6.30. The molecule has 0 radical (unpaired) electrons. The molecule has 0 unspecified atom stereocenters. The Kier molecular flexibility index (Phi) is 4.45. The van der Waals surface area contributed by atoms with Gasteiger partial charge in [0.15, 0.2) is 0 Å². The number of amides is 3. The molecule has 0 bridgehead atoms. The molecule has 0 spiro atoms. The Morgan fingerprint density at radius 3 is 2.48 bits per heavy atom. The molecule has 2 aromatic rings. The molecule has 6 heteroatoms. The fraction of sp³-hybridized carbons (Fsp3) is 0.421. The van der Waals surface area contributed by atoms with Crippen LogP contribution in [0.15, 0.2) is 18.2 Å². The van der Waals surface area contributed by atoms with Crippen LogP contribution in [-0.2, 0) is 11.3 Å². The van der Waals surface area contributed by atoms with Crippen LogP contribution in [0.3, 0.4) is 0 Å². The Morgan fingerprint density at radius 1 is 1.20 bits per heavy atom. The first-order valence-electron chi connectivity index (χ1n) is 8.52. The van der Waals surface area contributed by atoms with E-state index in [1.54, 1.807) is 0 Å². The number of urea groups is 1. The maximum atomic E-state index is 12.8. The van der Waals surface area contributed by atoms with Crippen molar-refractivity contribution in [3.05, 3.63) is 40.0 Å². The molecule has 2 heterocycles. The molecule has 1 N–H and O–H groups in total. The molecule has 1 aliphatic rings. The van der Waals surface area contributed by atoms with Crippen molar-refractivity contribution in [2.75, 3.05) is 0 Å². The molecular formula is C19H22ClN3O2. The van der Waals surface area contributed by atoms with Crippen LogP contribution in [0, 0.1) is 13.8 Å². The highest BCUT2D eigenvalue weighted by Crippen LogP contribution is 2.29. The van der Waals surface area contributed by atoms with Gasteiger partial charge >= 0.3 is 6.03 Å². The summed E-state index contributed by atoms with van der Waals surface area (Å²) < 4.78 is 0. The predicted octanol–water partition coefficient (Wildman–Crippen LogP) is 4.12. The monoisotopic (exact) mass is 359 g/mol. The van der Waals surface area contributed by atoms with Gasteiger partial charge in [0.05, 0.1) is 12.1 Å². The third-order valence-corrected chi connectivity index (χ3v) is 5.65. The predicted molar refractivity (Wildman–Crippen MR) is 98.6 cm³/mol. The maximum Gasteiger partial charge on any atom is 0.325 e. The number of aryl methyl sites for hydroxylation is 2. The van der Waals surface area contributed by atoms with Gasteiger partial charge < -0.3 is 5.32 Å². The lowest BCUT2D eigenvalue weighted by atomic mass is 9.93. The third-order valence-electron chi connectivity index (χ3n) is 5.32. The lowest BCUT2D eigenvalue weighted by molar-refractivity contribution is -0.132. The van der Waals surface area contributed by atoms with E-state index >= 15 is 0 Å². The van der Waals surface area contributed by atoms with Crippen molar-refractivity contribution < 1.29 is 9.59 Å².